The molecule has 0 N–H and O–H groups in total. The molecule has 0 rings (SSSR count). The lowest BCUT2D eigenvalue weighted by Gasteiger charge is -2.45. The molecule has 0 amide bonds. The number of ether oxygens (including phenoxy) is 8. The molecule has 0 aromatic heterocycles. The Hall–Kier alpha value is -4.57. The number of halogens is 56. The Kier molecular flexibility index (Phi) is 21.9. The summed E-state index contributed by atoms with van der Waals surface area (Å²) < 4.78 is 775. The third-order valence-corrected chi connectivity index (χ3v) is 9.12. The summed E-state index contributed by atoms with van der Waals surface area (Å²) in [5, 5.41) is 0. The Balaban J connectivity index is 8.75. The maximum atomic E-state index is 15.0. The first-order valence-corrected chi connectivity index (χ1v) is 18.8. The molecular formula is C28F56O9. The molecule has 93 heavy (non-hydrogen) atoms. The van der Waals surface area contributed by atoms with Crippen LogP contribution in [0.2, 0.25) is 0 Å². The first-order chi connectivity index (χ1) is 39.1. The summed E-state index contributed by atoms with van der Waals surface area (Å²) in [7, 11) is 0. The van der Waals surface area contributed by atoms with E-state index in [1.807, 2.05) is 0 Å². The summed E-state index contributed by atoms with van der Waals surface area (Å²) in [6.07, 6.45) is -173. The zero-order chi connectivity index (χ0) is 76.7. The third-order valence-electron chi connectivity index (χ3n) is 9.12. The molecule has 0 aromatic carbocycles. The zero-order valence-electron chi connectivity index (χ0n) is 38.8. The van der Waals surface area contributed by atoms with E-state index in [1.165, 1.54) is 0 Å². The molecule has 8 unspecified atom stereocenters. The summed E-state index contributed by atoms with van der Waals surface area (Å²) in [6, 6.07) is -5.51. The summed E-state index contributed by atoms with van der Waals surface area (Å²) in [6.45, 7) is 0. The van der Waals surface area contributed by atoms with Crippen LogP contribution in [0, 0.1) is 0 Å². The molecule has 0 aromatic rings. The van der Waals surface area contributed by atoms with Crippen LogP contribution in [0.4, 0.5) is 246 Å². The Morgan fingerprint density at radius 3 is 0.376 bits per heavy atom. The van der Waals surface area contributed by atoms with E-state index in [-0.39, 0.29) is 0 Å². The molecule has 0 spiro atoms. The third kappa shape index (κ3) is 14.3. The van der Waals surface area contributed by atoms with Gasteiger partial charge in [-0.3, -0.25) is 42.7 Å². The number of carbonyl (C=O) groups excluding carboxylic acids is 1. The molecular weight excluding hydrogens is 1540 g/mol. The van der Waals surface area contributed by atoms with Gasteiger partial charge in [-0.2, -0.15) is 241 Å². The van der Waals surface area contributed by atoms with Crippen LogP contribution >= 0.6 is 0 Å². The van der Waals surface area contributed by atoms with Crippen LogP contribution in [-0.4, -0.2) is 169 Å². The average molecular weight is 1540 g/mol. The molecule has 65 heteroatoms. The van der Waals surface area contributed by atoms with E-state index in [0.717, 1.165) is 4.74 Å². The van der Waals surface area contributed by atoms with E-state index in [4.69, 9.17) is 0 Å². The molecule has 0 heterocycles. The van der Waals surface area contributed by atoms with Gasteiger partial charge in [0.1, 0.15) is 0 Å². The molecule has 0 aliphatic heterocycles. The van der Waals surface area contributed by atoms with Gasteiger partial charge < -0.3 is 0 Å². The normalized spacial score (nSPS) is 21.1. The van der Waals surface area contributed by atoms with Gasteiger partial charge >= 0.3 is 169 Å². The maximum absolute atomic E-state index is 15.0. The monoisotopic (exact) mass is 1540 g/mol. The Labute approximate surface area is 459 Å². The second-order valence-corrected chi connectivity index (χ2v) is 15.6. The van der Waals surface area contributed by atoms with E-state index < -0.39 is 169 Å². The minimum Gasteiger partial charge on any atom is -0.264 e. The minimum atomic E-state index is -10.4. The first-order valence-electron chi connectivity index (χ1n) is 18.8. The average Bonchev–Trinajstić information content (AvgIpc) is 0.716. The van der Waals surface area contributed by atoms with Crippen molar-refractivity contribution in [2.45, 2.75) is 163 Å². The Bertz CT molecular complexity index is 2600. The van der Waals surface area contributed by atoms with Crippen molar-refractivity contribution >= 4 is 6.04 Å². The van der Waals surface area contributed by atoms with Crippen molar-refractivity contribution < 1.29 is 289 Å². The number of hydrogen-bond acceptors (Lipinski definition) is 9. The van der Waals surface area contributed by atoms with Crippen molar-refractivity contribution in [3.05, 3.63) is 0 Å². The van der Waals surface area contributed by atoms with Gasteiger partial charge in [-0.25, -0.2) is 4.39 Å². The highest BCUT2D eigenvalue weighted by molar-refractivity contribution is 5.77. The van der Waals surface area contributed by atoms with Crippen molar-refractivity contribution in [2.24, 2.45) is 0 Å². The smallest absolute Gasteiger partial charge is 0.264 e. The van der Waals surface area contributed by atoms with E-state index in [2.05, 4.69) is 0 Å². The van der Waals surface area contributed by atoms with E-state index in [1.54, 1.807) is 0 Å². The highest BCUT2D eigenvalue weighted by Gasteiger charge is 2.95. The molecule has 0 saturated carbocycles. The van der Waals surface area contributed by atoms with Gasteiger partial charge in [-0.15, -0.1) is 0 Å². The predicted molar refractivity (Wildman–Crippen MR) is 149 cm³/mol. The van der Waals surface area contributed by atoms with Gasteiger partial charge in [-0.05, 0) is 0 Å². The topological polar surface area (TPSA) is 90.9 Å². The molecule has 0 bridgehead atoms. The fraction of sp³-hybridized carbons (Fsp3) is 0.964. The van der Waals surface area contributed by atoms with Crippen molar-refractivity contribution in [3.8, 4) is 0 Å². The second-order valence-electron chi connectivity index (χ2n) is 15.6. The fourth-order valence-corrected chi connectivity index (χ4v) is 4.62. The van der Waals surface area contributed by atoms with E-state index >= 15 is 4.39 Å². The van der Waals surface area contributed by atoms with E-state index in [9.17, 15) is 246 Å². The summed E-state index contributed by atoms with van der Waals surface area (Å²) in [5.41, 5.74) is -9.37. The SMILES string of the molecule is O=C(F)C(F)(OC(F)(F)C(F)(OC(F)(F)C(F)(OC(F)(F)C(F)(OC(F)(F)C(F)(OC(F)(F)C(F)(OC(F)(F)C(F)(OC(F)(F)C(F)(OC(F)(F)C(F)(C(F)(F)F)C(F)(F)F)C(F)(F)F)C(F)(F)F)C(F)(F)F)C(F)(F)F)C(F)(F)F)C(F)(F)F)C(F)(F)F)C(F)(F)F. The summed E-state index contributed by atoms with van der Waals surface area (Å²) in [5.74, 6) is -78.9. The van der Waals surface area contributed by atoms with Gasteiger partial charge in [0.25, 0.3) is 0 Å². The summed E-state index contributed by atoms with van der Waals surface area (Å²) >= 11 is 0. The number of alkyl halides is 55. The number of rotatable bonds is 25. The maximum Gasteiger partial charge on any atom is 0.459 e. The van der Waals surface area contributed by atoms with Crippen molar-refractivity contribution in [3.63, 3.8) is 0 Å². The van der Waals surface area contributed by atoms with Crippen LogP contribution in [0.25, 0.3) is 0 Å². The largest absolute Gasteiger partial charge is 0.459 e. The Morgan fingerprint density at radius 2 is 0.280 bits per heavy atom. The lowest BCUT2D eigenvalue weighted by molar-refractivity contribution is -0.610. The van der Waals surface area contributed by atoms with Crippen LogP contribution in [0.15, 0.2) is 0 Å². The van der Waals surface area contributed by atoms with Crippen LogP contribution in [-0.2, 0) is 42.7 Å². The Morgan fingerprint density at radius 1 is 0.161 bits per heavy atom. The first kappa shape index (κ1) is 88.4. The molecule has 9 nitrogen and oxygen atoms in total. The quantitative estimate of drug-likeness (QED) is 0.0655. The zero-order valence-corrected chi connectivity index (χ0v) is 38.8. The number of hydrogen-bond donors (Lipinski definition) is 0. The standard InChI is InChI=1S/C28F56O9/c29-1(85)2(30,11(39,40)41)86-22(71,72)4(32,14(48,49)50)88-24(75,76)6(34,16(54,55)56)90-26(79,80)8(36,18(60,61)62)92-28(83,84)10(38,20(66,67)68)93-27(81,82)9(37,19(63,64)65)91-25(77,78)7(35,17(57,58)59)89-23(73,74)5(33,15(51,52)53)87-21(69,70)3(31,12(42,43)44)13(45,46)47. The molecule has 0 fully saturated rings. The molecule has 558 valence electrons. The highest BCUT2D eigenvalue weighted by Crippen LogP contribution is 2.66. The minimum absolute atomic E-state index is 0.338. The van der Waals surface area contributed by atoms with Crippen molar-refractivity contribution in [1.29, 1.82) is 0 Å². The predicted octanol–water partition coefficient (Wildman–Crippen LogP) is 17.0. The van der Waals surface area contributed by atoms with Gasteiger partial charge in [0.2, 0.25) is 0 Å². The van der Waals surface area contributed by atoms with Crippen LogP contribution < -0.4 is 0 Å². The van der Waals surface area contributed by atoms with Crippen molar-refractivity contribution in [2.75, 3.05) is 0 Å². The summed E-state index contributed by atoms with van der Waals surface area (Å²) in [4.78, 5) is 10.2. The van der Waals surface area contributed by atoms with Gasteiger partial charge in [-0.1, -0.05) is 0 Å². The highest BCUT2D eigenvalue weighted by atomic mass is 19.5. The molecule has 8 atom stereocenters. The lowest BCUT2D eigenvalue weighted by atomic mass is 10.0. The lowest BCUT2D eigenvalue weighted by Crippen LogP contribution is -2.74. The van der Waals surface area contributed by atoms with E-state index in [0.29, 0.717) is 33.2 Å². The molecule has 0 aliphatic rings. The number of carbonyl (C=O) groups is 1. The molecule has 0 saturated heterocycles. The second kappa shape index (κ2) is 23.0. The van der Waals surface area contributed by atoms with Crippen molar-refractivity contribution in [1.82, 2.24) is 0 Å². The fourth-order valence-electron chi connectivity index (χ4n) is 4.62. The van der Waals surface area contributed by atoms with Gasteiger partial charge in [0, 0.05) is 0 Å². The van der Waals surface area contributed by atoms with Gasteiger partial charge in [0.15, 0.2) is 0 Å². The van der Waals surface area contributed by atoms with Crippen LogP contribution in [0.3, 0.4) is 0 Å². The van der Waals surface area contributed by atoms with Gasteiger partial charge in [0.05, 0.1) is 0 Å². The van der Waals surface area contributed by atoms with Crippen LogP contribution in [0.1, 0.15) is 0 Å². The molecule has 0 aliphatic carbocycles. The van der Waals surface area contributed by atoms with Crippen LogP contribution in [0.5, 0.6) is 0 Å². The molecule has 0 radical (unpaired) electrons.